The predicted octanol–water partition coefficient (Wildman–Crippen LogP) is 4.87. The number of para-hydroxylation sites is 1. The number of rotatable bonds is 7. The minimum Gasteiger partial charge on any atom is -0.237 e. The summed E-state index contributed by atoms with van der Waals surface area (Å²) < 4.78 is 2.20. The molecule has 0 aliphatic heterocycles. The van der Waals surface area contributed by atoms with E-state index in [1.54, 1.807) is 5.56 Å². The van der Waals surface area contributed by atoms with Crippen molar-refractivity contribution in [2.75, 3.05) is 0 Å². The van der Waals surface area contributed by atoms with Crippen LogP contribution in [0.15, 0.2) is 30.3 Å². The smallest absolute Gasteiger partial charge is 0.0663 e. The Morgan fingerprint density at radius 2 is 1.81 bits per heavy atom. The third-order valence-electron chi connectivity index (χ3n) is 4.53. The maximum absolute atomic E-state index is 4.94. The van der Waals surface area contributed by atoms with E-state index in [2.05, 4.69) is 41.9 Å². The molecule has 0 atom stereocenters. The van der Waals surface area contributed by atoms with Crippen molar-refractivity contribution < 1.29 is 0 Å². The number of nitrogens with zero attached hydrogens (tertiary/aromatic N) is 2. The molecule has 3 rings (SSSR count). The maximum Gasteiger partial charge on any atom is 0.0663 e. The zero-order valence-electron chi connectivity index (χ0n) is 13.1. The molecule has 21 heavy (non-hydrogen) atoms. The van der Waals surface area contributed by atoms with Crippen molar-refractivity contribution in [1.82, 2.24) is 9.78 Å². The minimum absolute atomic E-state index is 1.16. The highest BCUT2D eigenvalue weighted by molar-refractivity contribution is 5.39. The number of unbranched alkanes of at least 4 members (excludes halogenated alkanes) is 4. The Hall–Kier alpha value is -1.57. The molecule has 112 valence electrons. The molecule has 0 radical (unpaired) electrons. The second kappa shape index (κ2) is 6.93. The molecule has 0 spiro atoms. The van der Waals surface area contributed by atoms with Gasteiger partial charge < -0.3 is 0 Å². The van der Waals surface area contributed by atoms with Crippen LogP contribution in [-0.2, 0) is 19.3 Å². The first-order valence-electron chi connectivity index (χ1n) is 8.55. The summed E-state index contributed by atoms with van der Waals surface area (Å²) in [5.74, 6) is 0. The normalized spacial score (nSPS) is 13.6. The molecule has 0 bridgehead atoms. The van der Waals surface area contributed by atoms with Crippen LogP contribution in [0.2, 0.25) is 0 Å². The zero-order valence-corrected chi connectivity index (χ0v) is 13.1. The van der Waals surface area contributed by atoms with Gasteiger partial charge >= 0.3 is 0 Å². The van der Waals surface area contributed by atoms with Gasteiger partial charge in [-0.05, 0) is 49.8 Å². The molecule has 0 saturated heterocycles. The number of aryl methyl sites for hydroxylation is 1. The molecule has 1 aromatic carbocycles. The van der Waals surface area contributed by atoms with E-state index in [9.17, 15) is 0 Å². The molecule has 2 heteroatoms. The van der Waals surface area contributed by atoms with Crippen LogP contribution in [0.1, 0.15) is 62.4 Å². The van der Waals surface area contributed by atoms with Gasteiger partial charge in [0.15, 0.2) is 0 Å². The lowest BCUT2D eigenvalue weighted by atomic mass is 10.1. The zero-order chi connectivity index (χ0) is 14.5. The molecule has 0 saturated carbocycles. The molecule has 0 N–H and O–H groups in total. The van der Waals surface area contributed by atoms with E-state index < -0.39 is 0 Å². The largest absolute Gasteiger partial charge is 0.237 e. The SMILES string of the molecule is CCCCCCCc1nn(-c2ccccc2)c2c1CCC2. The molecular formula is C19H26N2. The lowest BCUT2D eigenvalue weighted by molar-refractivity contribution is 0.622. The van der Waals surface area contributed by atoms with Crippen molar-refractivity contribution in [3.8, 4) is 5.69 Å². The van der Waals surface area contributed by atoms with E-state index in [1.165, 1.54) is 68.4 Å². The molecule has 1 aliphatic carbocycles. The topological polar surface area (TPSA) is 17.8 Å². The summed E-state index contributed by atoms with van der Waals surface area (Å²) in [6, 6.07) is 10.6. The van der Waals surface area contributed by atoms with Gasteiger partial charge in [-0.25, -0.2) is 4.68 Å². The fraction of sp³-hybridized carbons (Fsp3) is 0.526. The summed E-state index contributed by atoms with van der Waals surface area (Å²) >= 11 is 0. The van der Waals surface area contributed by atoms with Gasteiger partial charge in [-0.2, -0.15) is 5.10 Å². The molecular weight excluding hydrogens is 256 g/mol. The average Bonchev–Trinajstić information content (AvgIpc) is 3.11. The van der Waals surface area contributed by atoms with Crippen LogP contribution in [0.25, 0.3) is 5.69 Å². The number of hydrogen-bond donors (Lipinski definition) is 0. The first-order valence-corrected chi connectivity index (χ1v) is 8.55. The first kappa shape index (κ1) is 14.4. The van der Waals surface area contributed by atoms with E-state index in [-0.39, 0.29) is 0 Å². The van der Waals surface area contributed by atoms with Crippen LogP contribution in [0.3, 0.4) is 0 Å². The van der Waals surface area contributed by atoms with Crippen LogP contribution in [0, 0.1) is 0 Å². The summed E-state index contributed by atoms with van der Waals surface area (Å²) in [4.78, 5) is 0. The summed E-state index contributed by atoms with van der Waals surface area (Å²) in [5.41, 5.74) is 5.59. The fourth-order valence-electron chi connectivity index (χ4n) is 3.39. The minimum atomic E-state index is 1.16. The molecule has 1 aromatic heterocycles. The first-order chi connectivity index (χ1) is 10.4. The van der Waals surface area contributed by atoms with Crippen LogP contribution < -0.4 is 0 Å². The van der Waals surface area contributed by atoms with E-state index in [0.717, 1.165) is 6.42 Å². The van der Waals surface area contributed by atoms with Crippen molar-refractivity contribution >= 4 is 0 Å². The van der Waals surface area contributed by atoms with Crippen molar-refractivity contribution in [1.29, 1.82) is 0 Å². The summed E-state index contributed by atoms with van der Waals surface area (Å²) in [6.45, 7) is 2.27. The number of aromatic nitrogens is 2. The van der Waals surface area contributed by atoms with Gasteiger partial charge in [-0.3, -0.25) is 0 Å². The Morgan fingerprint density at radius 3 is 2.62 bits per heavy atom. The molecule has 1 aliphatic rings. The van der Waals surface area contributed by atoms with Crippen LogP contribution in [-0.4, -0.2) is 9.78 Å². The predicted molar refractivity (Wildman–Crippen MR) is 88.1 cm³/mol. The number of hydrogen-bond acceptors (Lipinski definition) is 1. The van der Waals surface area contributed by atoms with Gasteiger partial charge in [0.1, 0.15) is 0 Å². The highest BCUT2D eigenvalue weighted by Gasteiger charge is 2.22. The van der Waals surface area contributed by atoms with Gasteiger partial charge in [0, 0.05) is 5.69 Å². The van der Waals surface area contributed by atoms with Crippen molar-refractivity contribution in [2.24, 2.45) is 0 Å². The number of benzene rings is 1. The second-order valence-electron chi connectivity index (χ2n) is 6.14. The highest BCUT2D eigenvalue weighted by Crippen LogP contribution is 2.28. The second-order valence-corrected chi connectivity index (χ2v) is 6.14. The van der Waals surface area contributed by atoms with E-state index >= 15 is 0 Å². The van der Waals surface area contributed by atoms with E-state index in [1.807, 2.05) is 0 Å². The van der Waals surface area contributed by atoms with Crippen LogP contribution in [0.4, 0.5) is 0 Å². The molecule has 2 nitrogen and oxygen atoms in total. The van der Waals surface area contributed by atoms with Gasteiger partial charge in [0.25, 0.3) is 0 Å². The molecule has 2 aromatic rings. The lowest BCUT2D eigenvalue weighted by Gasteiger charge is -2.04. The van der Waals surface area contributed by atoms with E-state index in [4.69, 9.17) is 5.10 Å². The Kier molecular flexibility index (Phi) is 4.74. The fourth-order valence-corrected chi connectivity index (χ4v) is 3.39. The third-order valence-corrected chi connectivity index (χ3v) is 4.53. The summed E-state index contributed by atoms with van der Waals surface area (Å²) in [7, 11) is 0. The standard InChI is InChI=1S/C19H26N2/c1-2-3-4-5-9-14-18-17-13-10-15-19(17)21(20-18)16-11-7-6-8-12-16/h6-8,11-12H,2-5,9-10,13-15H2,1H3. The molecule has 0 unspecified atom stereocenters. The third kappa shape index (κ3) is 3.20. The van der Waals surface area contributed by atoms with Gasteiger partial charge in [-0.15, -0.1) is 0 Å². The Bertz CT molecular complexity index is 569. The summed E-state index contributed by atoms with van der Waals surface area (Å²) in [6.07, 6.45) is 11.6. The van der Waals surface area contributed by atoms with Gasteiger partial charge in [0.2, 0.25) is 0 Å². The molecule has 0 fully saturated rings. The Morgan fingerprint density at radius 1 is 1.00 bits per heavy atom. The van der Waals surface area contributed by atoms with Crippen molar-refractivity contribution in [3.05, 3.63) is 47.3 Å². The molecule has 0 amide bonds. The lowest BCUT2D eigenvalue weighted by Crippen LogP contribution is -2.01. The van der Waals surface area contributed by atoms with Crippen molar-refractivity contribution in [3.63, 3.8) is 0 Å². The van der Waals surface area contributed by atoms with Crippen molar-refractivity contribution in [2.45, 2.75) is 64.7 Å². The Balaban J connectivity index is 1.74. The summed E-state index contributed by atoms with van der Waals surface area (Å²) in [5, 5.41) is 4.94. The Labute approximate surface area is 128 Å². The average molecular weight is 282 g/mol. The van der Waals surface area contributed by atoms with Crippen LogP contribution >= 0.6 is 0 Å². The van der Waals surface area contributed by atoms with Crippen LogP contribution in [0.5, 0.6) is 0 Å². The monoisotopic (exact) mass is 282 g/mol. The quantitative estimate of drug-likeness (QED) is 0.662. The van der Waals surface area contributed by atoms with Gasteiger partial charge in [0.05, 0.1) is 11.4 Å². The van der Waals surface area contributed by atoms with Gasteiger partial charge in [-0.1, -0.05) is 50.8 Å². The van der Waals surface area contributed by atoms with E-state index in [0.29, 0.717) is 0 Å². The number of fused-ring (bicyclic) bond motifs is 1. The maximum atomic E-state index is 4.94. The molecule has 1 heterocycles. The highest BCUT2D eigenvalue weighted by atomic mass is 15.3.